The summed E-state index contributed by atoms with van der Waals surface area (Å²) in [5.41, 5.74) is 3.18. The summed E-state index contributed by atoms with van der Waals surface area (Å²) in [5.74, 6) is -0.00346. The van der Waals surface area contributed by atoms with Crippen molar-refractivity contribution in [3.63, 3.8) is 0 Å². The van der Waals surface area contributed by atoms with Gasteiger partial charge in [-0.3, -0.25) is 4.79 Å². The van der Waals surface area contributed by atoms with Crippen LogP contribution in [0, 0.1) is 13.8 Å². The minimum Gasteiger partial charge on any atom is -0.473 e. The van der Waals surface area contributed by atoms with Crippen LogP contribution >= 0.6 is 0 Å². The smallest absolute Gasteiger partial charge is 0.328 e. The molecule has 2 aromatic heterocycles. The number of methoxy groups -OCH3 is 1. The van der Waals surface area contributed by atoms with Crippen LogP contribution < -0.4 is 15.4 Å². The second kappa shape index (κ2) is 12.3. The molecule has 9 heteroatoms. The molecule has 0 radical (unpaired) electrons. The molecule has 3 aromatic rings. The van der Waals surface area contributed by atoms with Gasteiger partial charge >= 0.3 is 5.97 Å². The van der Waals surface area contributed by atoms with Crippen molar-refractivity contribution in [2.75, 3.05) is 19.0 Å². The number of aromatic nitrogens is 3. The van der Waals surface area contributed by atoms with Crippen molar-refractivity contribution >= 4 is 23.9 Å². The molecule has 0 aliphatic carbocycles. The van der Waals surface area contributed by atoms with E-state index in [1.165, 1.54) is 7.11 Å². The lowest BCUT2D eigenvalue weighted by atomic mass is 10.1. The van der Waals surface area contributed by atoms with Crippen LogP contribution in [0.1, 0.15) is 39.9 Å². The van der Waals surface area contributed by atoms with Gasteiger partial charge in [-0.1, -0.05) is 42.5 Å². The minimum absolute atomic E-state index is 0.332. The van der Waals surface area contributed by atoms with E-state index in [2.05, 4.69) is 30.3 Å². The first-order valence-electron chi connectivity index (χ1n) is 11.2. The van der Waals surface area contributed by atoms with Crippen LogP contribution in [0.2, 0.25) is 0 Å². The van der Waals surface area contributed by atoms with Crippen molar-refractivity contribution in [1.29, 1.82) is 0 Å². The van der Waals surface area contributed by atoms with Crippen LogP contribution in [0.3, 0.4) is 0 Å². The number of rotatable bonds is 10. The highest BCUT2D eigenvalue weighted by Gasteiger charge is 2.21. The summed E-state index contributed by atoms with van der Waals surface area (Å²) in [7, 11) is 1.27. The number of ether oxygens (including phenoxy) is 2. The first-order chi connectivity index (χ1) is 16.9. The molecule has 2 N–H and O–H groups in total. The van der Waals surface area contributed by atoms with Crippen LogP contribution in [0.5, 0.6) is 5.88 Å². The second-order valence-corrected chi connectivity index (χ2v) is 7.77. The summed E-state index contributed by atoms with van der Waals surface area (Å²) in [6, 6.07) is 14.7. The largest absolute Gasteiger partial charge is 0.473 e. The van der Waals surface area contributed by atoms with Gasteiger partial charge in [-0.15, -0.1) is 0 Å². The van der Waals surface area contributed by atoms with Gasteiger partial charge in [-0.05, 0) is 38.5 Å². The van der Waals surface area contributed by atoms with Crippen molar-refractivity contribution in [2.24, 2.45) is 0 Å². The standard InChI is InChI=1S/C26H29N5O4/c1-17-23(24(32)28-19(3)25(33)34-4)18(2)30-26(29-17)27-15-9-13-21-12-8-14-22(31-21)35-16-20-10-6-5-7-11-20/h5-14,19H,15-16H2,1-4H3,(H,28,32)(H,27,29,30)/b13-9+/t19-/m0/s1. The van der Waals surface area contributed by atoms with Crippen LogP contribution in [-0.4, -0.2) is 46.5 Å². The molecule has 0 unspecified atom stereocenters. The third-order valence-corrected chi connectivity index (χ3v) is 5.04. The monoisotopic (exact) mass is 475 g/mol. The van der Waals surface area contributed by atoms with E-state index < -0.39 is 17.9 Å². The summed E-state index contributed by atoms with van der Waals surface area (Å²) in [6.07, 6.45) is 3.77. The maximum absolute atomic E-state index is 12.6. The topological polar surface area (TPSA) is 115 Å². The number of hydrogen-bond acceptors (Lipinski definition) is 8. The Balaban J connectivity index is 1.56. The Morgan fingerprint density at radius 2 is 1.71 bits per heavy atom. The summed E-state index contributed by atoms with van der Waals surface area (Å²) in [4.78, 5) is 37.3. The van der Waals surface area contributed by atoms with E-state index in [4.69, 9.17) is 4.74 Å². The van der Waals surface area contributed by atoms with E-state index in [0.29, 0.717) is 41.9 Å². The predicted molar refractivity (Wildman–Crippen MR) is 133 cm³/mol. The van der Waals surface area contributed by atoms with E-state index in [-0.39, 0.29) is 0 Å². The van der Waals surface area contributed by atoms with Gasteiger partial charge in [0, 0.05) is 12.6 Å². The number of amides is 1. The molecule has 1 amide bonds. The normalized spacial score (nSPS) is 11.7. The number of benzene rings is 1. The fourth-order valence-corrected chi connectivity index (χ4v) is 3.29. The van der Waals surface area contributed by atoms with E-state index >= 15 is 0 Å². The molecule has 35 heavy (non-hydrogen) atoms. The molecule has 0 bridgehead atoms. The highest BCUT2D eigenvalue weighted by Crippen LogP contribution is 2.14. The molecular weight excluding hydrogens is 446 g/mol. The number of anilines is 1. The Labute approximate surface area is 204 Å². The van der Waals surface area contributed by atoms with Gasteiger partial charge < -0.3 is 20.1 Å². The lowest BCUT2D eigenvalue weighted by Gasteiger charge is -2.14. The Morgan fingerprint density at radius 3 is 2.40 bits per heavy atom. The molecule has 2 heterocycles. The molecule has 0 saturated heterocycles. The Kier molecular flexibility index (Phi) is 8.89. The molecule has 0 aliphatic rings. The highest BCUT2D eigenvalue weighted by atomic mass is 16.5. The third-order valence-electron chi connectivity index (χ3n) is 5.04. The molecular formula is C26H29N5O4. The van der Waals surface area contributed by atoms with Gasteiger partial charge in [0.05, 0.1) is 29.8 Å². The SMILES string of the molecule is COC(=O)[C@H](C)NC(=O)c1c(C)nc(NC/C=C/c2cccc(OCc3ccccc3)n2)nc1C. The van der Waals surface area contributed by atoms with Crippen molar-refractivity contribution in [1.82, 2.24) is 20.3 Å². The average molecular weight is 476 g/mol. The molecule has 0 saturated carbocycles. The highest BCUT2D eigenvalue weighted by molar-refractivity contribution is 5.98. The number of pyridine rings is 1. The third kappa shape index (κ3) is 7.36. The van der Waals surface area contributed by atoms with Crippen molar-refractivity contribution < 1.29 is 19.1 Å². The summed E-state index contributed by atoms with van der Waals surface area (Å²) in [5, 5.41) is 5.72. The second-order valence-electron chi connectivity index (χ2n) is 7.77. The van der Waals surface area contributed by atoms with Crippen LogP contribution in [-0.2, 0) is 16.1 Å². The molecule has 0 aliphatic heterocycles. The van der Waals surface area contributed by atoms with Crippen molar-refractivity contribution in [3.05, 3.63) is 82.8 Å². The molecule has 1 aromatic carbocycles. The minimum atomic E-state index is -0.773. The molecule has 0 spiro atoms. The van der Waals surface area contributed by atoms with Crippen LogP contribution in [0.25, 0.3) is 6.08 Å². The van der Waals surface area contributed by atoms with Gasteiger partial charge in [-0.2, -0.15) is 0 Å². The predicted octanol–water partition coefficient (Wildman–Crippen LogP) is 3.48. The summed E-state index contributed by atoms with van der Waals surface area (Å²) in [6.45, 7) is 5.91. The maximum atomic E-state index is 12.6. The average Bonchev–Trinajstić information content (AvgIpc) is 2.85. The molecule has 1 atom stereocenters. The van der Waals surface area contributed by atoms with E-state index in [1.54, 1.807) is 20.8 Å². The quantitative estimate of drug-likeness (QED) is 0.428. The lowest BCUT2D eigenvalue weighted by molar-refractivity contribution is -0.142. The van der Waals surface area contributed by atoms with E-state index in [9.17, 15) is 9.59 Å². The maximum Gasteiger partial charge on any atom is 0.328 e. The number of nitrogens with one attached hydrogen (secondary N) is 2. The fourth-order valence-electron chi connectivity index (χ4n) is 3.29. The van der Waals surface area contributed by atoms with Crippen LogP contribution in [0.15, 0.2) is 54.6 Å². The van der Waals surface area contributed by atoms with E-state index in [0.717, 1.165) is 11.3 Å². The number of carbonyl (C=O) groups is 2. The zero-order valence-corrected chi connectivity index (χ0v) is 20.2. The number of nitrogens with zero attached hydrogens (tertiary/aromatic N) is 3. The Morgan fingerprint density at radius 1 is 1.00 bits per heavy atom. The van der Waals surface area contributed by atoms with Crippen molar-refractivity contribution in [2.45, 2.75) is 33.4 Å². The zero-order valence-electron chi connectivity index (χ0n) is 20.2. The summed E-state index contributed by atoms with van der Waals surface area (Å²) >= 11 is 0. The van der Waals surface area contributed by atoms with Gasteiger partial charge in [0.25, 0.3) is 5.91 Å². The summed E-state index contributed by atoms with van der Waals surface area (Å²) < 4.78 is 10.4. The molecule has 182 valence electrons. The van der Waals surface area contributed by atoms with E-state index in [1.807, 2.05) is 60.7 Å². The number of carbonyl (C=O) groups excluding carboxylic acids is 2. The first-order valence-corrected chi connectivity index (χ1v) is 11.2. The Hall–Kier alpha value is -4.27. The molecule has 9 nitrogen and oxygen atoms in total. The van der Waals surface area contributed by atoms with Gasteiger partial charge in [-0.25, -0.2) is 19.7 Å². The number of esters is 1. The van der Waals surface area contributed by atoms with Crippen LogP contribution in [0.4, 0.5) is 5.95 Å². The zero-order chi connectivity index (χ0) is 25.2. The number of aryl methyl sites for hydroxylation is 2. The molecule has 3 rings (SSSR count). The lowest BCUT2D eigenvalue weighted by Crippen LogP contribution is -2.40. The van der Waals surface area contributed by atoms with Gasteiger partial charge in [0.2, 0.25) is 11.8 Å². The number of hydrogen-bond donors (Lipinski definition) is 2. The van der Waals surface area contributed by atoms with Gasteiger partial charge in [0.15, 0.2) is 0 Å². The van der Waals surface area contributed by atoms with Crippen molar-refractivity contribution in [3.8, 4) is 5.88 Å². The fraction of sp³-hybridized carbons (Fsp3) is 0.269. The van der Waals surface area contributed by atoms with Gasteiger partial charge in [0.1, 0.15) is 12.6 Å². The Bertz CT molecular complexity index is 1170. The first kappa shape index (κ1) is 25.4. The molecule has 0 fully saturated rings.